The Kier molecular flexibility index (Phi) is 5.70. The van der Waals surface area contributed by atoms with Gasteiger partial charge in [0.15, 0.2) is 5.82 Å². The minimum Gasteiger partial charge on any atom is -0.391 e. The van der Waals surface area contributed by atoms with E-state index in [0.29, 0.717) is 5.69 Å². The molecule has 0 bridgehead atoms. The first-order chi connectivity index (χ1) is 12.9. The summed E-state index contributed by atoms with van der Waals surface area (Å²) in [6, 6.07) is 0.638. The van der Waals surface area contributed by atoms with Crippen molar-refractivity contribution in [3.63, 3.8) is 0 Å². The molecule has 0 aliphatic heterocycles. The van der Waals surface area contributed by atoms with Gasteiger partial charge in [-0.05, 0) is 25.8 Å². The van der Waals surface area contributed by atoms with E-state index in [-0.39, 0.29) is 30.9 Å². The predicted molar refractivity (Wildman–Crippen MR) is 92.8 cm³/mol. The van der Waals surface area contributed by atoms with Crippen molar-refractivity contribution in [3.05, 3.63) is 53.6 Å². The molecule has 3 rings (SSSR count). The Morgan fingerprint density at radius 3 is 2.78 bits per heavy atom. The van der Waals surface area contributed by atoms with E-state index in [4.69, 9.17) is 0 Å². The summed E-state index contributed by atoms with van der Waals surface area (Å²) in [5.41, 5.74) is 1.27. The molecule has 8 nitrogen and oxygen atoms in total. The summed E-state index contributed by atoms with van der Waals surface area (Å²) in [5, 5.41) is 15.5. The van der Waals surface area contributed by atoms with Gasteiger partial charge < -0.3 is 15.7 Å². The highest BCUT2D eigenvalue weighted by Crippen LogP contribution is 2.27. The first kappa shape index (κ1) is 18.8. The van der Waals surface area contributed by atoms with Crippen LogP contribution >= 0.6 is 0 Å². The number of carbonyl (C=O) groups excluding carboxylic acids is 2. The van der Waals surface area contributed by atoms with Crippen LogP contribution in [-0.4, -0.2) is 44.0 Å². The topological polar surface area (TPSA) is 117 Å². The second-order valence-electron chi connectivity index (χ2n) is 6.54. The van der Waals surface area contributed by atoms with Crippen LogP contribution in [-0.2, 0) is 11.3 Å². The lowest BCUT2D eigenvalue weighted by molar-refractivity contribution is -0.125. The van der Waals surface area contributed by atoms with Crippen LogP contribution in [0.1, 0.15) is 34.6 Å². The van der Waals surface area contributed by atoms with Crippen molar-refractivity contribution in [3.8, 4) is 0 Å². The maximum absolute atomic E-state index is 13.6. The zero-order valence-corrected chi connectivity index (χ0v) is 14.7. The summed E-state index contributed by atoms with van der Waals surface area (Å²) in [5.74, 6) is -2.07. The number of hydrogen-bond acceptors (Lipinski definition) is 6. The number of aliphatic hydroxyl groups excluding tert-OH is 1. The number of nitrogens with one attached hydrogen (secondary N) is 2. The second kappa shape index (κ2) is 8.17. The van der Waals surface area contributed by atoms with Gasteiger partial charge in [-0.3, -0.25) is 24.5 Å². The minimum absolute atomic E-state index is 0.150. The van der Waals surface area contributed by atoms with Gasteiger partial charge in [-0.1, -0.05) is 0 Å². The molecule has 1 fully saturated rings. The van der Waals surface area contributed by atoms with Crippen LogP contribution in [0.3, 0.4) is 0 Å². The molecule has 0 radical (unpaired) electrons. The lowest BCUT2D eigenvalue weighted by Crippen LogP contribution is -2.40. The Hall–Kier alpha value is -2.94. The molecule has 142 valence electrons. The van der Waals surface area contributed by atoms with E-state index < -0.39 is 29.8 Å². The van der Waals surface area contributed by atoms with E-state index in [1.807, 2.05) is 6.92 Å². The molecule has 1 aliphatic carbocycles. The monoisotopic (exact) mass is 373 g/mol. The van der Waals surface area contributed by atoms with Crippen molar-refractivity contribution >= 4 is 11.8 Å². The number of halogens is 1. The molecule has 2 heterocycles. The minimum atomic E-state index is -0.881. The molecule has 2 amide bonds. The summed E-state index contributed by atoms with van der Waals surface area (Å²) in [6.07, 6.45) is 5.07. The predicted octanol–water partition coefficient (Wildman–Crippen LogP) is 0.505. The van der Waals surface area contributed by atoms with E-state index in [1.165, 1.54) is 12.3 Å². The number of carbonyl (C=O) groups is 2. The van der Waals surface area contributed by atoms with Crippen LogP contribution in [0.5, 0.6) is 0 Å². The second-order valence-corrected chi connectivity index (χ2v) is 6.54. The van der Waals surface area contributed by atoms with Crippen molar-refractivity contribution in [1.29, 1.82) is 0 Å². The number of rotatable bonds is 5. The van der Waals surface area contributed by atoms with Crippen LogP contribution in [0.15, 0.2) is 30.9 Å². The van der Waals surface area contributed by atoms with Crippen LogP contribution in [0, 0.1) is 18.7 Å². The smallest absolute Gasteiger partial charge is 0.254 e. The van der Waals surface area contributed by atoms with Crippen molar-refractivity contribution < 1.29 is 19.1 Å². The van der Waals surface area contributed by atoms with Gasteiger partial charge in [0.05, 0.1) is 48.0 Å². The van der Waals surface area contributed by atoms with Gasteiger partial charge in [-0.25, -0.2) is 4.39 Å². The first-order valence-electron chi connectivity index (χ1n) is 8.57. The Morgan fingerprint density at radius 1 is 1.26 bits per heavy atom. The molecule has 0 spiro atoms. The first-order valence-corrected chi connectivity index (χ1v) is 8.57. The summed E-state index contributed by atoms with van der Waals surface area (Å²) in [4.78, 5) is 36.4. The van der Waals surface area contributed by atoms with Crippen LogP contribution < -0.4 is 10.6 Å². The van der Waals surface area contributed by atoms with E-state index >= 15 is 0 Å². The SMILES string of the molecule is Cc1cnc(CNC(=O)[C@H]2C[C@H](NC(=O)c3ccncc3F)[C@@H](O)C2)cn1. The molecular weight excluding hydrogens is 353 g/mol. The molecule has 0 unspecified atom stereocenters. The van der Waals surface area contributed by atoms with Crippen molar-refractivity contribution in [1.82, 2.24) is 25.6 Å². The molecule has 2 aromatic heterocycles. The number of hydrogen-bond donors (Lipinski definition) is 3. The summed E-state index contributed by atoms with van der Waals surface area (Å²) >= 11 is 0. The van der Waals surface area contributed by atoms with Crippen LogP contribution in [0.2, 0.25) is 0 Å². The fourth-order valence-corrected chi connectivity index (χ4v) is 3.02. The summed E-state index contributed by atoms with van der Waals surface area (Å²) in [7, 11) is 0. The zero-order chi connectivity index (χ0) is 19.4. The molecule has 9 heteroatoms. The number of aliphatic hydroxyl groups is 1. The summed E-state index contributed by atoms with van der Waals surface area (Å²) < 4.78 is 13.6. The molecule has 3 N–H and O–H groups in total. The van der Waals surface area contributed by atoms with Crippen LogP contribution in [0.4, 0.5) is 4.39 Å². The van der Waals surface area contributed by atoms with Gasteiger partial charge >= 0.3 is 0 Å². The van der Waals surface area contributed by atoms with Crippen LogP contribution in [0.25, 0.3) is 0 Å². The van der Waals surface area contributed by atoms with Gasteiger partial charge in [0.1, 0.15) is 0 Å². The van der Waals surface area contributed by atoms with Gasteiger partial charge in [0, 0.05) is 18.3 Å². The standard InChI is InChI=1S/C18H20FN5O3/c1-10-6-22-12(7-21-10)8-23-17(26)11-4-15(16(25)5-11)24-18(27)13-2-3-20-9-14(13)19/h2-3,6-7,9,11,15-16,25H,4-5,8H2,1H3,(H,23,26)(H,24,27)/t11-,15-,16-/m0/s1. The van der Waals surface area contributed by atoms with Gasteiger partial charge in [0.25, 0.3) is 5.91 Å². The fourth-order valence-electron chi connectivity index (χ4n) is 3.02. The molecule has 2 aromatic rings. The van der Waals surface area contributed by atoms with Gasteiger partial charge in [-0.2, -0.15) is 0 Å². The van der Waals surface area contributed by atoms with E-state index in [9.17, 15) is 19.1 Å². The number of amides is 2. The quantitative estimate of drug-likeness (QED) is 0.703. The number of aromatic nitrogens is 3. The maximum atomic E-state index is 13.6. The molecule has 27 heavy (non-hydrogen) atoms. The van der Waals surface area contributed by atoms with Gasteiger partial charge in [0.2, 0.25) is 5.91 Å². The van der Waals surface area contributed by atoms with E-state index in [1.54, 1.807) is 12.4 Å². The third-order valence-electron chi connectivity index (χ3n) is 4.51. The molecule has 1 saturated carbocycles. The Labute approximate surface area is 155 Å². The summed E-state index contributed by atoms with van der Waals surface area (Å²) in [6.45, 7) is 2.06. The average molecular weight is 373 g/mol. The molecule has 3 atom stereocenters. The van der Waals surface area contributed by atoms with E-state index in [0.717, 1.165) is 11.9 Å². The average Bonchev–Trinajstić information content (AvgIpc) is 3.02. The normalized spacial score (nSPS) is 21.7. The van der Waals surface area contributed by atoms with E-state index in [2.05, 4.69) is 25.6 Å². The lowest BCUT2D eigenvalue weighted by atomic mass is 10.1. The number of pyridine rings is 1. The number of aryl methyl sites for hydroxylation is 1. The van der Waals surface area contributed by atoms with Crippen molar-refractivity contribution in [2.24, 2.45) is 5.92 Å². The Morgan fingerprint density at radius 2 is 2.07 bits per heavy atom. The third kappa shape index (κ3) is 4.62. The maximum Gasteiger partial charge on any atom is 0.254 e. The Bertz CT molecular complexity index is 830. The molecule has 0 saturated heterocycles. The highest BCUT2D eigenvalue weighted by atomic mass is 19.1. The molecule has 1 aliphatic rings. The number of nitrogens with zero attached hydrogens (tertiary/aromatic N) is 3. The molecular formula is C18H20FN5O3. The zero-order valence-electron chi connectivity index (χ0n) is 14.7. The largest absolute Gasteiger partial charge is 0.391 e. The molecule has 0 aromatic carbocycles. The van der Waals surface area contributed by atoms with Gasteiger partial charge in [-0.15, -0.1) is 0 Å². The third-order valence-corrected chi connectivity index (χ3v) is 4.51. The van der Waals surface area contributed by atoms with Crippen molar-refractivity contribution in [2.75, 3.05) is 0 Å². The highest BCUT2D eigenvalue weighted by molar-refractivity contribution is 5.94. The van der Waals surface area contributed by atoms with Crippen molar-refractivity contribution in [2.45, 2.75) is 38.5 Å². The fraction of sp³-hybridized carbons (Fsp3) is 0.389. The lowest BCUT2D eigenvalue weighted by Gasteiger charge is -2.16. The highest BCUT2D eigenvalue weighted by Gasteiger charge is 2.38. The Balaban J connectivity index is 1.54.